The van der Waals surface area contributed by atoms with Crippen LogP contribution in [0.5, 0.6) is 0 Å². The Morgan fingerprint density at radius 2 is 1.95 bits per heavy atom. The molecule has 4 rings (SSSR count). The molecule has 2 aromatic carbocycles. The summed E-state index contributed by atoms with van der Waals surface area (Å²) >= 11 is 0. The molecule has 1 aliphatic heterocycles. The number of carbonyl (C=O) groups is 1. The molecule has 108 valence electrons. The van der Waals surface area contributed by atoms with Gasteiger partial charge in [-0.25, -0.2) is 0 Å². The monoisotopic (exact) mass is 280 g/mol. The van der Waals surface area contributed by atoms with Crippen LogP contribution in [0, 0.1) is 11.8 Å². The second-order valence-corrected chi connectivity index (χ2v) is 6.29. The Labute approximate surface area is 124 Å². The first-order chi connectivity index (χ1) is 10.3. The summed E-state index contributed by atoms with van der Waals surface area (Å²) in [6.07, 6.45) is 0.989. The standard InChI is InChI=1S/C18H20N2O/c21-18(20-11-12-9-19-10-12)17-8-16(17)15-7-3-5-13-4-1-2-6-14(13)15/h1-7,12,16-17,19H,8-11H2,(H,20,21). The number of amides is 1. The molecule has 1 saturated heterocycles. The summed E-state index contributed by atoms with van der Waals surface area (Å²) in [5, 5.41) is 8.91. The highest BCUT2D eigenvalue weighted by atomic mass is 16.2. The predicted octanol–water partition coefficient (Wildman–Crippen LogP) is 2.28. The summed E-state index contributed by atoms with van der Waals surface area (Å²) in [7, 11) is 0. The van der Waals surface area contributed by atoms with Crippen molar-refractivity contribution in [3.63, 3.8) is 0 Å². The van der Waals surface area contributed by atoms with Crippen LogP contribution in [0.4, 0.5) is 0 Å². The number of rotatable bonds is 4. The van der Waals surface area contributed by atoms with Gasteiger partial charge in [0.25, 0.3) is 0 Å². The molecular weight excluding hydrogens is 260 g/mol. The molecule has 2 fully saturated rings. The maximum atomic E-state index is 12.2. The van der Waals surface area contributed by atoms with E-state index in [0.717, 1.165) is 26.1 Å². The Balaban J connectivity index is 1.46. The zero-order valence-electron chi connectivity index (χ0n) is 12.0. The Morgan fingerprint density at radius 1 is 1.14 bits per heavy atom. The van der Waals surface area contributed by atoms with Crippen LogP contribution < -0.4 is 10.6 Å². The minimum atomic E-state index is 0.170. The van der Waals surface area contributed by atoms with Gasteiger partial charge in [-0.05, 0) is 28.7 Å². The molecule has 0 radical (unpaired) electrons. The van der Waals surface area contributed by atoms with Crippen LogP contribution in [0.2, 0.25) is 0 Å². The molecule has 3 heteroatoms. The van der Waals surface area contributed by atoms with E-state index in [4.69, 9.17) is 0 Å². The number of hydrogen-bond acceptors (Lipinski definition) is 2. The Hall–Kier alpha value is -1.87. The van der Waals surface area contributed by atoms with E-state index >= 15 is 0 Å². The highest BCUT2D eigenvalue weighted by Gasteiger charge is 2.44. The van der Waals surface area contributed by atoms with E-state index in [0.29, 0.717) is 11.8 Å². The fraction of sp³-hybridized carbons (Fsp3) is 0.389. The van der Waals surface area contributed by atoms with E-state index in [-0.39, 0.29) is 11.8 Å². The normalized spacial score (nSPS) is 24.6. The lowest BCUT2D eigenvalue weighted by Crippen LogP contribution is -2.48. The average molecular weight is 280 g/mol. The lowest BCUT2D eigenvalue weighted by molar-refractivity contribution is -0.122. The van der Waals surface area contributed by atoms with E-state index in [1.165, 1.54) is 16.3 Å². The van der Waals surface area contributed by atoms with E-state index < -0.39 is 0 Å². The van der Waals surface area contributed by atoms with Gasteiger partial charge < -0.3 is 10.6 Å². The zero-order chi connectivity index (χ0) is 14.2. The van der Waals surface area contributed by atoms with Gasteiger partial charge >= 0.3 is 0 Å². The van der Waals surface area contributed by atoms with E-state index in [2.05, 4.69) is 53.1 Å². The van der Waals surface area contributed by atoms with Gasteiger partial charge in [-0.1, -0.05) is 42.5 Å². The van der Waals surface area contributed by atoms with E-state index in [1.54, 1.807) is 0 Å². The molecular formula is C18H20N2O. The number of hydrogen-bond donors (Lipinski definition) is 2. The number of benzene rings is 2. The number of carbonyl (C=O) groups excluding carboxylic acids is 1. The third-order valence-electron chi connectivity index (χ3n) is 4.78. The summed E-state index contributed by atoms with van der Waals surface area (Å²) < 4.78 is 0. The highest BCUT2D eigenvalue weighted by molar-refractivity contribution is 5.89. The van der Waals surface area contributed by atoms with Crippen molar-refractivity contribution < 1.29 is 4.79 Å². The summed E-state index contributed by atoms with van der Waals surface area (Å²) in [6, 6.07) is 14.9. The molecule has 0 bridgehead atoms. The van der Waals surface area contributed by atoms with E-state index in [1.807, 2.05) is 0 Å². The van der Waals surface area contributed by atoms with Crippen molar-refractivity contribution in [2.75, 3.05) is 19.6 Å². The van der Waals surface area contributed by atoms with Crippen molar-refractivity contribution in [2.45, 2.75) is 12.3 Å². The van der Waals surface area contributed by atoms with Crippen LogP contribution in [-0.4, -0.2) is 25.5 Å². The molecule has 1 saturated carbocycles. The number of fused-ring (bicyclic) bond motifs is 1. The van der Waals surface area contributed by atoms with Gasteiger partial charge in [-0.2, -0.15) is 0 Å². The second kappa shape index (κ2) is 5.15. The van der Waals surface area contributed by atoms with Crippen LogP contribution in [0.3, 0.4) is 0 Å². The smallest absolute Gasteiger partial charge is 0.223 e. The van der Waals surface area contributed by atoms with Crippen LogP contribution in [0.25, 0.3) is 10.8 Å². The maximum absolute atomic E-state index is 12.2. The Kier molecular flexibility index (Phi) is 3.15. The van der Waals surface area contributed by atoms with Crippen molar-refractivity contribution in [3.05, 3.63) is 48.0 Å². The summed E-state index contributed by atoms with van der Waals surface area (Å²) in [5.74, 6) is 1.43. The molecule has 1 heterocycles. The fourth-order valence-corrected chi connectivity index (χ4v) is 3.27. The molecule has 2 N–H and O–H groups in total. The van der Waals surface area contributed by atoms with Crippen molar-refractivity contribution in [3.8, 4) is 0 Å². The molecule has 1 aliphatic carbocycles. The van der Waals surface area contributed by atoms with Gasteiger partial charge in [0.1, 0.15) is 0 Å². The van der Waals surface area contributed by atoms with Gasteiger partial charge in [0.05, 0.1) is 0 Å². The molecule has 0 spiro atoms. The SMILES string of the molecule is O=C(NCC1CNC1)C1CC1c1cccc2ccccc12. The van der Waals surface area contributed by atoms with Crippen LogP contribution in [0.1, 0.15) is 17.9 Å². The van der Waals surface area contributed by atoms with Gasteiger partial charge in [-0.3, -0.25) is 4.79 Å². The van der Waals surface area contributed by atoms with E-state index in [9.17, 15) is 4.79 Å². The first-order valence-corrected chi connectivity index (χ1v) is 7.79. The van der Waals surface area contributed by atoms with Crippen molar-refractivity contribution in [2.24, 2.45) is 11.8 Å². The van der Waals surface area contributed by atoms with Gasteiger partial charge in [0.15, 0.2) is 0 Å². The highest BCUT2D eigenvalue weighted by Crippen LogP contribution is 2.49. The zero-order valence-corrected chi connectivity index (χ0v) is 12.0. The first-order valence-electron chi connectivity index (χ1n) is 7.79. The number of nitrogens with one attached hydrogen (secondary N) is 2. The minimum absolute atomic E-state index is 0.170. The van der Waals surface area contributed by atoms with Crippen molar-refractivity contribution >= 4 is 16.7 Å². The average Bonchev–Trinajstić information content (AvgIpc) is 3.25. The molecule has 2 unspecified atom stereocenters. The lowest BCUT2D eigenvalue weighted by Gasteiger charge is -2.27. The van der Waals surface area contributed by atoms with Gasteiger partial charge in [-0.15, -0.1) is 0 Å². The van der Waals surface area contributed by atoms with Crippen molar-refractivity contribution in [1.29, 1.82) is 0 Å². The fourth-order valence-electron chi connectivity index (χ4n) is 3.27. The maximum Gasteiger partial charge on any atom is 0.223 e. The summed E-state index contributed by atoms with van der Waals surface area (Å²) in [4.78, 5) is 12.2. The molecule has 2 atom stereocenters. The van der Waals surface area contributed by atoms with Gasteiger partial charge in [0, 0.05) is 31.5 Å². The van der Waals surface area contributed by atoms with Crippen LogP contribution in [-0.2, 0) is 4.79 Å². The van der Waals surface area contributed by atoms with Gasteiger partial charge in [0.2, 0.25) is 5.91 Å². The first kappa shape index (κ1) is 12.8. The quantitative estimate of drug-likeness (QED) is 0.902. The molecule has 2 aromatic rings. The van der Waals surface area contributed by atoms with Crippen LogP contribution in [0.15, 0.2) is 42.5 Å². The Morgan fingerprint density at radius 3 is 2.76 bits per heavy atom. The van der Waals surface area contributed by atoms with Crippen molar-refractivity contribution in [1.82, 2.24) is 10.6 Å². The molecule has 21 heavy (non-hydrogen) atoms. The molecule has 2 aliphatic rings. The largest absolute Gasteiger partial charge is 0.355 e. The summed E-state index contributed by atoms with van der Waals surface area (Å²) in [6.45, 7) is 2.90. The predicted molar refractivity (Wildman–Crippen MR) is 84.2 cm³/mol. The second-order valence-electron chi connectivity index (χ2n) is 6.29. The third kappa shape index (κ3) is 2.42. The lowest BCUT2D eigenvalue weighted by atomic mass is 10.00. The molecule has 3 nitrogen and oxygen atoms in total. The topological polar surface area (TPSA) is 41.1 Å². The third-order valence-corrected chi connectivity index (χ3v) is 4.78. The molecule has 0 aromatic heterocycles. The minimum Gasteiger partial charge on any atom is -0.355 e. The Bertz CT molecular complexity index is 672. The van der Waals surface area contributed by atoms with Crippen LogP contribution >= 0.6 is 0 Å². The molecule has 1 amide bonds. The summed E-state index contributed by atoms with van der Waals surface area (Å²) in [5.41, 5.74) is 1.33.